The van der Waals surface area contributed by atoms with Crippen molar-refractivity contribution in [3.05, 3.63) is 151 Å². The molecule has 6 heteroatoms. The van der Waals surface area contributed by atoms with Gasteiger partial charge in [-0.3, -0.25) is 0 Å². The molecule has 0 spiro atoms. The summed E-state index contributed by atoms with van der Waals surface area (Å²) in [6.07, 6.45) is 4.42. The first-order valence-corrected chi connectivity index (χ1v) is 25.1. The molecule has 3 aromatic heterocycles. The number of hydrogen-bond acceptors (Lipinski definition) is 3. The van der Waals surface area contributed by atoms with Crippen molar-refractivity contribution in [3.63, 3.8) is 0 Å². The highest BCUT2D eigenvalue weighted by Crippen LogP contribution is 2.36. The van der Waals surface area contributed by atoms with Crippen molar-refractivity contribution >= 4 is 67.5 Å². The molecule has 4 aromatic carbocycles. The third-order valence-electron chi connectivity index (χ3n) is 14.0. The van der Waals surface area contributed by atoms with E-state index in [1.807, 2.05) is 22.7 Å². The van der Waals surface area contributed by atoms with Gasteiger partial charge >= 0.3 is 0 Å². The van der Waals surface area contributed by atoms with Crippen molar-refractivity contribution in [3.8, 4) is 21.1 Å². The van der Waals surface area contributed by atoms with Crippen molar-refractivity contribution < 1.29 is 0 Å². The van der Waals surface area contributed by atoms with Crippen LogP contribution in [0.25, 0.3) is 21.1 Å². The number of rotatable bonds is 7. The molecule has 0 saturated heterocycles. The molecule has 0 radical (unpaired) electrons. The number of H-pyrrole nitrogens is 1. The zero-order valence-electron chi connectivity index (χ0n) is 40.7. The van der Waals surface area contributed by atoms with Gasteiger partial charge in [0.15, 0.2) is 0 Å². The average Bonchev–Trinajstić information content (AvgIpc) is 3.93. The van der Waals surface area contributed by atoms with Crippen LogP contribution in [-0.4, -0.2) is 42.4 Å². The second kappa shape index (κ2) is 18.3. The number of hydrogen-bond donors (Lipinski definition) is 1. The van der Waals surface area contributed by atoms with Crippen LogP contribution in [0.2, 0.25) is 0 Å². The molecule has 2 bridgehead atoms. The van der Waals surface area contributed by atoms with E-state index >= 15 is 0 Å². The van der Waals surface area contributed by atoms with Crippen molar-refractivity contribution in [2.75, 3.05) is 13.1 Å². The lowest BCUT2D eigenvalue weighted by Gasteiger charge is -2.26. The number of nitrogens with zero attached hydrogens (tertiary/aromatic N) is 1. The Bertz CT molecular complexity index is 2440. The van der Waals surface area contributed by atoms with Crippen LogP contribution in [0, 0.1) is 83.1 Å². The van der Waals surface area contributed by atoms with E-state index in [9.17, 15) is 0 Å². The van der Waals surface area contributed by atoms with E-state index in [1.165, 1.54) is 130 Å². The molecule has 0 saturated carbocycles. The molecule has 0 amide bonds. The number of nitrogens with one attached hydrogen (secondary N) is 1. The predicted octanol–water partition coefficient (Wildman–Crippen LogP) is 10.8. The van der Waals surface area contributed by atoms with Crippen LogP contribution >= 0.6 is 22.7 Å². The Morgan fingerprint density at radius 1 is 0.444 bits per heavy atom. The largest absolute Gasteiger partial charge is 0.353 e. The molecule has 63 heavy (non-hydrogen) atoms. The zero-order chi connectivity index (χ0) is 45.0. The first-order valence-electron chi connectivity index (χ1n) is 23.5. The Morgan fingerprint density at radius 3 is 1.00 bits per heavy atom. The maximum Gasteiger partial charge on any atom is 0.255 e. The summed E-state index contributed by atoms with van der Waals surface area (Å²) in [7, 11) is 0. The van der Waals surface area contributed by atoms with Gasteiger partial charge in [0.05, 0.1) is 21.1 Å². The van der Waals surface area contributed by atoms with Crippen LogP contribution in [0.1, 0.15) is 105 Å². The number of thiophene rings is 2. The number of aromatic nitrogens is 1. The van der Waals surface area contributed by atoms with E-state index in [4.69, 9.17) is 0 Å². The van der Waals surface area contributed by atoms with Gasteiger partial charge in [0.25, 0.3) is 13.4 Å². The smallest absolute Gasteiger partial charge is 0.255 e. The summed E-state index contributed by atoms with van der Waals surface area (Å²) in [6, 6.07) is 29.6. The minimum atomic E-state index is 0.165. The van der Waals surface area contributed by atoms with Crippen LogP contribution < -0.4 is 31.4 Å². The highest BCUT2D eigenvalue weighted by molar-refractivity contribution is 7.30. The maximum atomic E-state index is 4.10. The topological polar surface area (TPSA) is 19.0 Å². The minimum Gasteiger partial charge on any atom is -0.353 e. The fourth-order valence-corrected chi connectivity index (χ4v) is 14.3. The van der Waals surface area contributed by atoms with Gasteiger partial charge in [-0.15, -0.1) is 22.7 Å². The Morgan fingerprint density at radius 2 is 0.730 bits per heavy atom. The summed E-state index contributed by atoms with van der Waals surface area (Å²) in [5.41, 5.74) is 27.7. The van der Waals surface area contributed by atoms with E-state index in [1.54, 1.807) is 0 Å². The molecular formula is C57H68B2N2S2. The first-order chi connectivity index (χ1) is 30.0. The first kappa shape index (κ1) is 45.2. The molecule has 0 aliphatic carbocycles. The van der Waals surface area contributed by atoms with Gasteiger partial charge in [0.1, 0.15) is 0 Å². The van der Waals surface area contributed by atoms with Crippen LogP contribution in [0.3, 0.4) is 0 Å². The summed E-state index contributed by atoms with van der Waals surface area (Å²) in [5.74, 6) is 0. The van der Waals surface area contributed by atoms with Gasteiger partial charge in [-0.1, -0.05) is 149 Å². The Kier molecular flexibility index (Phi) is 13.1. The van der Waals surface area contributed by atoms with Crippen molar-refractivity contribution in [2.24, 2.45) is 0 Å². The minimum absolute atomic E-state index is 0.165. The summed E-state index contributed by atoms with van der Waals surface area (Å²) >= 11 is 4.05. The highest BCUT2D eigenvalue weighted by Gasteiger charge is 2.33. The summed E-state index contributed by atoms with van der Waals surface area (Å²) in [5, 5.41) is 0. The van der Waals surface area contributed by atoms with Crippen LogP contribution in [0.4, 0.5) is 0 Å². The van der Waals surface area contributed by atoms with Crippen molar-refractivity contribution in [1.82, 2.24) is 9.88 Å². The molecule has 1 aliphatic rings. The lowest BCUT2D eigenvalue weighted by atomic mass is 9.36. The molecule has 8 rings (SSSR count). The molecule has 0 atom stereocenters. The molecular weight excluding hydrogens is 798 g/mol. The Hall–Kier alpha value is -4.35. The third kappa shape index (κ3) is 9.03. The SMILES string of the molecule is Cc1cc(C)c(B(c2cc3c(s2)-c2ccc([nH]2)-c2sc(B(c4c(C)cc(C)cc4C)c4c(C)cc(C)cc4C)cc2CCCN(C(C)C)CCC3)c2c(C)cc(C)cc2C)c(C)c1. The monoisotopic (exact) mass is 867 g/mol. The molecule has 7 aromatic rings. The van der Waals surface area contributed by atoms with Gasteiger partial charge in [-0.2, -0.15) is 0 Å². The van der Waals surface area contributed by atoms with E-state index in [-0.39, 0.29) is 13.4 Å². The second-order valence-electron chi connectivity index (χ2n) is 19.7. The van der Waals surface area contributed by atoms with E-state index in [0.717, 1.165) is 38.8 Å². The van der Waals surface area contributed by atoms with Gasteiger partial charge in [0.2, 0.25) is 0 Å². The number of fused-ring (bicyclic) bond motifs is 6. The maximum absolute atomic E-state index is 4.10. The molecule has 324 valence electrons. The second-order valence-corrected chi connectivity index (χ2v) is 21.9. The fraction of sp³-hybridized carbons (Fsp3) is 0.368. The third-order valence-corrected chi connectivity index (χ3v) is 16.6. The van der Waals surface area contributed by atoms with E-state index in [2.05, 4.69) is 180 Å². The van der Waals surface area contributed by atoms with Gasteiger partial charge in [0, 0.05) is 6.04 Å². The zero-order valence-corrected chi connectivity index (χ0v) is 42.3. The van der Waals surface area contributed by atoms with E-state index < -0.39 is 0 Å². The molecule has 0 unspecified atom stereocenters. The Balaban J connectivity index is 1.32. The summed E-state index contributed by atoms with van der Waals surface area (Å²) < 4.78 is 2.89. The predicted molar refractivity (Wildman–Crippen MR) is 283 cm³/mol. The van der Waals surface area contributed by atoms with E-state index in [0.29, 0.717) is 6.04 Å². The van der Waals surface area contributed by atoms with Gasteiger partial charge in [-0.25, -0.2) is 0 Å². The van der Waals surface area contributed by atoms with Crippen LogP contribution in [0.5, 0.6) is 0 Å². The molecule has 4 heterocycles. The quantitative estimate of drug-likeness (QED) is 0.158. The molecule has 1 N–H and O–H groups in total. The van der Waals surface area contributed by atoms with Gasteiger partial charge < -0.3 is 9.88 Å². The van der Waals surface area contributed by atoms with Gasteiger partial charge in [-0.05, 0) is 169 Å². The van der Waals surface area contributed by atoms with Crippen LogP contribution in [0.15, 0.2) is 72.8 Å². The number of aromatic amines is 1. The molecule has 0 fully saturated rings. The normalized spacial score (nSPS) is 13.6. The lowest BCUT2D eigenvalue weighted by molar-refractivity contribution is 0.217. The highest BCUT2D eigenvalue weighted by atomic mass is 32.1. The average molecular weight is 867 g/mol. The Labute approximate surface area is 388 Å². The van der Waals surface area contributed by atoms with Crippen molar-refractivity contribution in [1.29, 1.82) is 0 Å². The fourth-order valence-electron chi connectivity index (χ4n) is 11.7. The number of aryl methyl sites for hydroxylation is 14. The number of benzene rings is 4. The summed E-state index contributed by atoms with van der Waals surface area (Å²) in [4.78, 5) is 9.63. The molecule has 1 aliphatic heterocycles. The standard InChI is InChI=1S/C57H68B2N2S2/c1-33(2)61-21-15-17-46-31-50(58(52-38(7)23-34(3)24-39(52)8)53-40(9)25-35(4)26-41(53)10)62-56(46)48-19-20-49(60-48)57-47(18-16-22-61)32-51(63-57)59(54-42(11)27-36(5)28-43(54)12)55-44(13)29-37(6)30-45(55)14/h19-20,23-33,60H,15-18,21-22H2,1-14H3. The lowest BCUT2D eigenvalue weighted by Crippen LogP contribution is -2.54. The molecule has 2 nitrogen and oxygen atoms in total. The van der Waals surface area contributed by atoms with Crippen LogP contribution in [-0.2, 0) is 12.8 Å². The summed E-state index contributed by atoms with van der Waals surface area (Å²) in [6.45, 7) is 34.9. The van der Waals surface area contributed by atoms with Crippen molar-refractivity contribution in [2.45, 2.75) is 129 Å².